The molecular formula is C37H37Cl2N3O2. The first-order valence-corrected chi connectivity index (χ1v) is 16.0. The van der Waals surface area contributed by atoms with Crippen molar-refractivity contribution < 1.29 is 9.53 Å². The Bertz CT molecular complexity index is 1750. The van der Waals surface area contributed by atoms with Gasteiger partial charge in [-0.25, -0.2) is 4.98 Å². The number of nitrogens with one attached hydrogen (secondary N) is 1. The average Bonchev–Trinajstić information content (AvgIpc) is 3.62. The number of allylic oxidation sites excluding steroid dienone is 1. The largest absolute Gasteiger partial charge is 0.481 e. The van der Waals surface area contributed by atoms with Crippen molar-refractivity contribution in [3.63, 3.8) is 0 Å². The fourth-order valence-corrected chi connectivity index (χ4v) is 7.04. The van der Waals surface area contributed by atoms with Crippen molar-refractivity contribution in [2.45, 2.75) is 44.6 Å². The Kier molecular flexibility index (Phi) is 9.08. The molecule has 5 nitrogen and oxygen atoms in total. The minimum absolute atomic E-state index is 0.153. The maximum Gasteiger partial charge on any atom is 0.220 e. The highest BCUT2D eigenvalue weighted by Crippen LogP contribution is 2.43. The van der Waals surface area contributed by atoms with Crippen molar-refractivity contribution in [2.24, 2.45) is 0 Å². The molecule has 0 radical (unpaired) electrons. The van der Waals surface area contributed by atoms with Crippen LogP contribution in [0.25, 0.3) is 39.1 Å². The molecule has 1 N–H and O–H groups in total. The van der Waals surface area contributed by atoms with Crippen LogP contribution in [0, 0.1) is 0 Å². The molecule has 0 saturated carbocycles. The van der Waals surface area contributed by atoms with Crippen LogP contribution in [-0.2, 0) is 17.6 Å². The van der Waals surface area contributed by atoms with E-state index in [1.807, 2.05) is 36.4 Å². The molecule has 1 fully saturated rings. The number of fused-ring (bicyclic) bond motifs is 1. The van der Waals surface area contributed by atoms with E-state index in [1.54, 1.807) is 7.11 Å². The molecule has 3 aromatic carbocycles. The number of aryl methyl sites for hydroxylation is 1. The Morgan fingerprint density at radius 3 is 2.36 bits per heavy atom. The van der Waals surface area contributed by atoms with Crippen LogP contribution in [0.4, 0.5) is 0 Å². The number of pyridine rings is 1. The molecule has 1 amide bonds. The lowest BCUT2D eigenvalue weighted by Crippen LogP contribution is -2.25. The molecule has 0 bridgehead atoms. The van der Waals surface area contributed by atoms with Gasteiger partial charge < -0.3 is 15.0 Å². The second-order valence-electron chi connectivity index (χ2n) is 11.9. The van der Waals surface area contributed by atoms with Crippen LogP contribution in [0.15, 0.2) is 72.8 Å². The van der Waals surface area contributed by atoms with E-state index in [0.29, 0.717) is 22.3 Å². The lowest BCUT2D eigenvalue weighted by atomic mass is 9.94. The van der Waals surface area contributed by atoms with Crippen LogP contribution in [-0.4, -0.2) is 49.6 Å². The number of amides is 1. The van der Waals surface area contributed by atoms with Crippen LogP contribution < -0.4 is 10.1 Å². The third kappa shape index (κ3) is 6.28. The molecule has 4 aromatic rings. The van der Waals surface area contributed by atoms with Gasteiger partial charge in [0.15, 0.2) is 0 Å². The van der Waals surface area contributed by atoms with E-state index < -0.39 is 0 Å². The number of nitrogens with zero attached hydrogens (tertiary/aromatic N) is 2. The highest BCUT2D eigenvalue weighted by Gasteiger charge is 2.21. The molecule has 1 saturated heterocycles. The quantitative estimate of drug-likeness (QED) is 0.192. The van der Waals surface area contributed by atoms with Crippen LogP contribution in [0.3, 0.4) is 0 Å². The highest BCUT2D eigenvalue weighted by molar-refractivity contribution is 6.39. The number of ether oxygens (including phenoxy) is 1. The van der Waals surface area contributed by atoms with Crippen molar-refractivity contribution in [3.8, 4) is 39.4 Å². The summed E-state index contributed by atoms with van der Waals surface area (Å²) in [6.45, 7) is 0.909. The normalized spacial score (nSPS) is 15.8. The summed E-state index contributed by atoms with van der Waals surface area (Å²) in [5.74, 6) is 0.749. The predicted molar refractivity (Wildman–Crippen MR) is 181 cm³/mol. The smallest absolute Gasteiger partial charge is 0.220 e. The second kappa shape index (κ2) is 13.2. The lowest BCUT2D eigenvalue weighted by molar-refractivity contribution is -0.119. The number of methoxy groups -OCH3 is 1. The summed E-state index contributed by atoms with van der Waals surface area (Å²) in [7, 11) is 5.84. The molecule has 6 rings (SSSR count). The van der Waals surface area contributed by atoms with E-state index >= 15 is 0 Å². The van der Waals surface area contributed by atoms with Gasteiger partial charge in [0.25, 0.3) is 0 Å². The Morgan fingerprint density at radius 1 is 0.932 bits per heavy atom. The van der Waals surface area contributed by atoms with Crippen molar-refractivity contribution in [1.29, 1.82) is 0 Å². The number of likely N-dealkylation sites (N-methyl/N-ethyl adjacent to an activating group) is 1. The Hall–Kier alpha value is -3.64. The first-order chi connectivity index (χ1) is 21.3. The molecule has 2 heterocycles. The molecule has 1 atom stereocenters. The Labute approximate surface area is 269 Å². The molecule has 44 heavy (non-hydrogen) atoms. The SMILES string of the molecule is COc1nc(-c2cccc(-c3cccc(-c4ccc5c(c4)C(CN(C)C)=CC5)c3Cl)c2Cl)ccc1CCC[C@@H]1CCC(=O)N1. The zero-order chi connectivity index (χ0) is 30.8. The van der Waals surface area contributed by atoms with Crippen LogP contribution >= 0.6 is 23.2 Å². The minimum atomic E-state index is 0.153. The lowest BCUT2D eigenvalue weighted by Gasteiger charge is -2.16. The fourth-order valence-electron chi connectivity index (χ4n) is 6.37. The molecule has 7 heteroatoms. The molecular weight excluding hydrogens is 589 g/mol. The summed E-state index contributed by atoms with van der Waals surface area (Å²) < 4.78 is 5.69. The minimum Gasteiger partial charge on any atom is -0.481 e. The summed E-state index contributed by atoms with van der Waals surface area (Å²) in [4.78, 5) is 18.6. The van der Waals surface area contributed by atoms with Gasteiger partial charge in [0.1, 0.15) is 0 Å². The highest BCUT2D eigenvalue weighted by atomic mass is 35.5. The van der Waals surface area contributed by atoms with Gasteiger partial charge in [-0.3, -0.25) is 4.79 Å². The van der Waals surface area contributed by atoms with E-state index in [0.717, 1.165) is 77.7 Å². The summed E-state index contributed by atoms with van der Waals surface area (Å²) in [6, 6.07) is 23.1. The van der Waals surface area contributed by atoms with Gasteiger partial charge in [0.2, 0.25) is 11.8 Å². The Morgan fingerprint density at radius 2 is 1.66 bits per heavy atom. The van der Waals surface area contributed by atoms with Gasteiger partial charge in [0, 0.05) is 46.8 Å². The van der Waals surface area contributed by atoms with Gasteiger partial charge in [-0.05, 0) is 80.6 Å². The monoisotopic (exact) mass is 625 g/mol. The molecule has 2 aliphatic rings. The van der Waals surface area contributed by atoms with Gasteiger partial charge in [-0.2, -0.15) is 0 Å². The predicted octanol–water partition coefficient (Wildman–Crippen LogP) is 8.50. The summed E-state index contributed by atoms with van der Waals surface area (Å²) in [5, 5.41) is 4.31. The number of carbonyl (C=O) groups is 1. The third-order valence-corrected chi connectivity index (χ3v) is 9.42. The molecule has 1 aliphatic carbocycles. The zero-order valence-corrected chi connectivity index (χ0v) is 26.9. The fraction of sp³-hybridized carbons (Fsp3) is 0.297. The first kappa shape index (κ1) is 30.4. The van der Waals surface area contributed by atoms with Crippen molar-refractivity contribution >= 4 is 34.7 Å². The number of aromatic nitrogens is 1. The van der Waals surface area contributed by atoms with E-state index in [2.05, 4.69) is 60.7 Å². The maximum atomic E-state index is 11.5. The maximum absolute atomic E-state index is 11.5. The molecule has 0 unspecified atom stereocenters. The second-order valence-corrected chi connectivity index (χ2v) is 12.7. The van der Waals surface area contributed by atoms with Crippen LogP contribution in [0.1, 0.15) is 42.4 Å². The summed E-state index contributed by atoms with van der Waals surface area (Å²) in [6.07, 6.45) is 7.56. The molecule has 226 valence electrons. The van der Waals surface area contributed by atoms with Gasteiger partial charge in [-0.15, -0.1) is 0 Å². The Balaban J connectivity index is 1.27. The molecule has 1 aromatic heterocycles. The standard InChI is InChI=1S/C37H37Cl2N3O2/c1-42(2)22-26-16-14-23-13-15-25(21-32(23)26)28-9-5-10-29(35(28)38)30-11-6-12-31(36(30)39)33-19-17-24(37(41-33)44-3)7-4-8-27-18-20-34(43)40-27/h5-6,9-13,15-17,19,21,27H,4,7-8,14,18,20,22H2,1-3H3,(H,40,43)/t27-/m1/s1. The number of carbonyl (C=O) groups excluding carboxylic acids is 1. The van der Waals surface area contributed by atoms with Gasteiger partial charge >= 0.3 is 0 Å². The zero-order valence-electron chi connectivity index (χ0n) is 25.4. The van der Waals surface area contributed by atoms with E-state index in [1.165, 1.54) is 16.7 Å². The molecule has 0 spiro atoms. The van der Waals surface area contributed by atoms with E-state index in [9.17, 15) is 4.79 Å². The average molecular weight is 627 g/mol. The first-order valence-electron chi connectivity index (χ1n) is 15.2. The number of halogens is 2. The van der Waals surface area contributed by atoms with E-state index in [4.69, 9.17) is 32.9 Å². The summed E-state index contributed by atoms with van der Waals surface area (Å²) >= 11 is 14.3. The topological polar surface area (TPSA) is 54.5 Å². The van der Waals surface area contributed by atoms with Crippen LogP contribution in [0.5, 0.6) is 5.88 Å². The van der Waals surface area contributed by atoms with E-state index in [-0.39, 0.29) is 11.9 Å². The van der Waals surface area contributed by atoms with Crippen LogP contribution in [0.2, 0.25) is 10.0 Å². The van der Waals surface area contributed by atoms with Gasteiger partial charge in [-0.1, -0.05) is 83.9 Å². The van der Waals surface area contributed by atoms with Crippen molar-refractivity contribution in [1.82, 2.24) is 15.2 Å². The summed E-state index contributed by atoms with van der Waals surface area (Å²) in [5.41, 5.74) is 10.4. The number of hydrogen-bond acceptors (Lipinski definition) is 4. The third-order valence-electron chi connectivity index (χ3n) is 8.60. The van der Waals surface area contributed by atoms with Gasteiger partial charge in [0.05, 0.1) is 22.8 Å². The van der Waals surface area contributed by atoms with Crippen molar-refractivity contribution in [2.75, 3.05) is 27.7 Å². The number of benzene rings is 3. The number of rotatable bonds is 10. The van der Waals surface area contributed by atoms with Crippen molar-refractivity contribution in [3.05, 3.63) is 99.5 Å². The molecule has 1 aliphatic heterocycles. The number of hydrogen-bond donors (Lipinski definition) is 1.